The zero-order chi connectivity index (χ0) is 28.0. The number of halogens is 1. The molecule has 0 saturated carbocycles. The van der Waals surface area contributed by atoms with Gasteiger partial charge in [-0.15, -0.1) is 5.10 Å². The number of benzene rings is 1. The molecule has 0 spiro atoms. The summed E-state index contributed by atoms with van der Waals surface area (Å²) in [5.41, 5.74) is 5.77. The van der Waals surface area contributed by atoms with Crippen LogP contribution in [-0.2, 0) is 21.6 Å². The maximum Gasteiger partial charge on any atom is 0.221 e. The number of pyridine rings is 1. The van der Waals surface area contributed by atoms with Crippen LogP contribution < -0.4 is 4.90 Å². The molecule has 3 aromatic rings. The monoisotopic (exact) mass is 540 g/mol. The third-order valence-corrected chi connectivity index (χ3v) is 7.94. The normalized spacial score (nSPS) is 19.7. The number of aliphatic hydroxyl groups excluding tert-OH is 1. The van der Waals surface area contributed by atoms with Gasteiger partial charge in [-0.05, 0) is 30.9 Å². The fourth-order valence-electron chi connectivity index (χ4n) is 6.14. The second kappa shape index (κ2) is 10.5. The van der Waals surface area contributed by atoms with Gasteiger partial charge < -0.3 is 19.5 Å². The molecular weight excluding hydrogens is 508 g/mol. The molecule has 6 rings (SSSR count). The topological polar surface area (TPSA) is 97.9 Å². The number of aliphatic imine (C=N–C) groups is 1. The summed E-state index contributed by atoms with van der Waals surface area (Å²) in [5, 5.41) is 18.0. The zero-order valence-electron chi connectivity index (χ0n) is 23.3. The number of aliphatic hydroxyl groups is 1. The highest BCUT2D eigenvalue weighted by molar-refractivity contribution is 6.59. The SMILES string of the molecule is BC(B)(B)c1nnn(C)c1-c1cnc2c(c1)N([C@H](c1ccccc1F)C1CCOCC1)C1C=NC(OCCO)=C21. The molecule has 3 aliphatic heterocycles. The minimum Gasteiger partial charge on any atom is -0.475 e. The Bertz CT molecular complexity index is 1480. The number of hydrogen-bond acceptors (Lipinski definition) is 8. The minimum absolute atomic E-state index is 0.122. The van der Waals surface area contributed by atoms with Gasteiger partial charge in [0, 0.05) is 43.8 Å². The highest BCUT2D eigenvalue weighted by atomic mass is 19.1. The lowest BCUT2D eigenvalue weighted by atomic mass is 9.41. The number of rotatable bonds is 8. The molecule has 1 fully saturated rings. The highest BCUT2D eigenvalue weighted by Crippen LogP contribution is 2.51. The van der Waals surface area contributed by atoms with E-state index < -0.39 is 0 Å². The van der Waals surface area contributed by atoms with Crippen molar-refractivity contribution in [3.8, 4) is 11.3 Å². The van der Waals surface area contributed by atoms with E-state index in [1.54, 1.807) is 10.7 Å². The standard InChI is InChI=1S/C27H32B3FN6O3/c1-36-24(25(34-35-36)27(28,29)30)16-12-19-22(32-13-16)21-20(14-33-26(21)40-11-8-38)37(19)23(15-6-9-39-10-7-15)17-4-2-3-5-18(17)31/h2-5,12-15,20,23,38H,6-11,28-30H2,1H3/t20?,23-/m0/s1. The van der Waals surface area contributed by atoms with E-state index in [-0.39, 0.29) is 42.1 Å². The molecule has 2 atom stereocenters. The molecule has 204 valence electrons. The van der Waals surface area contributed by atoms with E-state index in [1.165, 1.54) is 6.07 Å². The summed E-state index contributed by atoms with van der Waals surface area (Å²) in [6.07, 6.45) is 5.32. The van der Waals surface area contributed by atoms with Crippen LogP contribution in [0.2, 0.25) is 0 Å². The first kappa shape index (κ1) is 26.8. The van der Waals surface area contributed by atoms with Crippen molar-refractivity contribution in [2.24, 2.45) is 18.0 Å². The van der Waals surface area contributed by atoms with Crippen molar-refractivity contribution in [1.82, 2.24) is 20.0 Å². The molecule has 1 aromatic carbocycles. The summed E-state index contributed by atoms with van der Waals surface area (Å²) in [6, 6.07) is 8.58. The summed E-state index contributed by atoms with van der Waals surface area (Å²) in [6.45, 7) is 1.28. The molecule has 0 aliphatic carbocycles. The molecule has 0 bridgehead atoms. The Labute approximate surface area is 235 Å². The molecule has 1 saturated heterocycles. The molecule has 13 heteroatoms. The van der Waals surface area contributed by atoms with Gasteiger partial charge in [-0.25, -0.2) is 14.1 Å². The molecular formula is C27H32B3FN6O3. The third-order valence-electron chi connectivity index (χ3n) is 7.94. The first-order valence-electron chi connectivity index (χ1n) is 13.8. The van der Waals surface area contributed by atoms with Crippen LogP contribution in [0.1, 0.15) is 35.8 Å². The fraction of sp³-hybridized carbons (Fsp3) is 0.407. The maximum absolute atomic E-state index is 15.6. The van der Waals surface area contributed by atoms with Gasteiger partial charge in [-0.1, -0.05) is 28.5 Å². The number of fused-ring (bicyclic) bond motifs is 3. The second-order valence-corrected chi connectivity index (χ2v) is 11.6. The smallest absolute Gasteiger partial charge is 0.221 e. The lowest BCUT2D eigenvalue weighted by Gasteiger charge is -2.40. The van der Waals surface area contributed by atoms with E-state index >= 15 is 4.39 Å². The molecule has 1 unspecified atom stereocenters. The van der Waals surface area contributed by atoms with E-state index in [9.17, 15) is 5.11 Å². The van der Waals surface area contributed by atoms with Crippen LogP contribution in [0.4, 0.5) is 10.1 Å². The first-order chi connectivity index (χ1) is 19.3. The van der Waals surface area contributed by atoms with Crippen molar-refractivity contribution < 1.29 is 19.0 Å². The van der Waals surface area contributed by atoms with Crippen molar-refractivity contribution in [3.05, 3.63) is 65.2 Å². The summed E-state index contributed by atoms with van der Waals surface area (Å²) in [7, 11) is 8.23. The van der Waals surface area contributed by atoms with Gasteiger partial charge in [0.2, 0.25) is 5.88 Å². The van der Waals surface area contributed by atoms with E-state index in [2.05, 4.69) is 49.8 Å². The van der Waals surface area contributed by atoms with Crippen molar-refractivity contribution in [1.29, 1.82) is 0 Å². The Morgan fingerprint density at radius 1 is 1.23 bits per heavy atom. The summed E-state index contributed by atoms with van der Waals surface area (Å²) in [4.78, 5) is 11.8. The average molecular weight is 540 g/mol. The number of hydrogen-bond donors (Lipinski definition) is 1. The number of anilines is 1. The van der Waals surface area contributed by atoms with Gasteiger partial charge in [0.1, 0.15) is 12.4 Å². The zero-order valence-corrected chi connectivity index (χ0v) is 23.3. The number of ether oxygens (including phenoxy) is 2. The van der Waals surface area contributed by atoms with Gasteiger partial charge in [0.25, 0.3) is 0 Å². The van der Waals surface area contributed by atoms with Gasteiger partial charge in [0.15, 0.2) is 0 Å². The summed E-state index contributed by atoms with van der Waals surface area (Å²) in [5.74, 6) is 0.361. The number of aryl methyl sites for hydroxylation is 1. The highest BCUT2D eigenvalue weighted by Gasteiger charge is 2.46. The third kappa shape index (κ3) is 4.54. The molecule has 2 aromatic heterocycles. The molecule has 3 aliphatic rings. The van der Waals surface area contributed by atoms with Crippen molar-refractivity contribution in [3.63, 3.8) is 0 Å². The Balaban J connectivity index is 1.56. The molecule has 1 N–H and O–H groups in total. The van der Waals surface area contributed by atoms with Crippen molar-refractivity contribution in [2.75, 3.05) is 31.3 Å². The maximum atomic E-state index is 15.6. The van der Waals surface area contributed by atoms with E-state index in [1.807, 2.05) is 31.6 Å². The molecule has 40 heavy (non-hydrogen) atoms. The lowest BCUT2D eigenvalue weighted by Crippen LogP contribution is -2.41. The first-order valence-corrected chi connectivity index (χ1v) is 13.8. The summed E-state index contributed by atoms with van der Waals surface area (Å²) < 4.78 is 28.9. The Morgan fingerprint density at radius 2 is 2.00 bits per heavy atom. The van der Waals surface area contributed by atoms with Crippen LogP contribution in [-0.4, -0.2) is 87.3 Å². The minimum atomic E-state index is -0.286. The van der Waals surface area contributed by atoms with E-state index in [4.69, 9.17) is 14.5 Å². The molecule has 0 amide bonds. The predicted molar refractivity (Wildman–Crippen MR) is 159 cm³/mol. The lowest BCUT2D eigenvalue weighted by molar-refractivity contribution is 0.0569. The quantitative estimate of drug-likeness (QED) is 0.407. The fourth-order valence-corrected chi connectivity index (χ4v) is 6.14. The van der Waals surface area contributed by atoms with Gasteiger partial charge in [-0.2, -0.15) is 0 Å². The van der Waals surface area contributed by atoms with Crippen LogP contribution in [0, 0.1) is 11.7 Å². The van der Waals surface area contributed by atoms with Crippen LogP contribution in [0.5, 0.6) is 0 Å². The number of aromatic nitrogens is 4. The van der Waals surface area contributed by atoms with Gasteiger partial charge in [0.05, 0.1) is 70.6 Å². The molecule has 0 radical (unpaired) electrons. The second-order valence-electron chi connectivity index (χ2n) is 11.6. The Morgan fingerprint density at radius 3 is 2.73 bits per heavy atom. The number of nitrogens with zero attached hydrogens (tertiary/aromatic N) is 6. The van der Waals surface area contributed by atoms with E-state index in [0.717, 1.165) is 46.7 Å². The van der Waals surface area contributed by atoms with Crippen molar-refractivity contribution in [2.45, 2.75) is 30.0 Å². The van der Waals surface area contributed by atoms with Crippen LogP contribution in [0.3, 0.4) is 0 Å². The van der Waals surface area contributed by atoms with Crippen molar-refractivity contribution >= 4 is 41.0 Å². The predicted octanol–water partition coefficient (Wildman–Crippen LogP) is 0.144. The summed E-state index contributed by atoms with van der Waals surface area (Å²) >= 11 is 0. The van der Waals surface area contributed by atoms with Gasteiger partial charge >= 0.3 is 0 Å². The largest absolute Gasteiger partial charge is 0.475 e. The van der Waals surface area contributed by atoms with Crippen LogP contribution >= 0.6 is 0 Å². The molecule has 9 nitrogen and oxygen atoms in total. The van der Waals surface area contributed by atoms with E-state index in [0.29, 0.717) is 24.7 Å². The van der Waals surface area contributed by atoms with Crippen LogP contribution in [0.25, 0.3) is 16.8 Å². The average Bonchev–Trinajstić information content (AvgIpc) is 3.62. The van der Waals surface area contributed by atoms with Gasteiger partial charge in [-0.3, -0.25) is 4.98 Å². The Kier molecular flexibility index (Phi) is 7.04. The molecule has 5 heterocycles. The Hall–Kier alpha value is -3.44. The van der Waals surface area contributed by atoms with Crippen LogP contribution in [0.15, 0.2) is 47.4 Å².